The van der Waals surface area contributed by atoms with Crippen LogP contribution >= 0.6 is 11.3 Å². The number of hydrogen-bond donors (Lipinski definition) is 0. The maximum atomic E-state index is 12.4. The molecule has 0 unspecified atom stereocenters. The van der Waals surface area contributed by atoms with Crippen molar-refractivity contribution in [3.05, 3.63) is 46.2 Å². The molecule has 1 aliphatic rings. The van der Waals surface area contributed by atoms with Gasteiger partial charge in [0.25, 0.3) is 5.91 Å². The molecule has 5 heteroatoms. The van der Waals surface area contributed by atoms with E-state index < -0.39 is 0 Å². The van der Waals surface area contributed by atoms with Gasteiger partial charge in [-0.1, -0.05) is 6.07 Å². The zero-order chi connectivity index (χ0) is 13.9. The van der Waals surface area contributed by atoms with Crippen molar-refractivity contribution < 1.29 is 4.79 Å². The van der Waals surface area contributed by atoms with Gasteiger partial charge in [-0.05, 0) is 37.3 Å². The number of thiophene rings is 1. The minimum absolute atomic E-state index is 0.149. The van der Waals surface area contributed by atoms with Gasteiger partial charge in [0.05, 0.1) is 4.88 Å². The SMILES string of the molecule is Cc1nccc([C@H]2CCCN(C(=O)c3cccs3)C2)n1. The van der Waals surface area contributed by atoms with E-state index in [0.29, 0.717) is 5.92 Å². The smallest absolute Gasteiger partial charge is 0.263 e. The van der Waals surface area contributed by atoms with Gasteiger partial charge < -0.3 is 4.90 Å². The summed E-state index contributed by atoms with van der Waals surface area (Å²) in [4.78, 5) is 23.8. The van der Waals surface area contributed by atoms with Crippen LogP contribution in [0.1, 0.15) is 39.9 Å². The molecule has 20 heavy (non-hydrogen) atoms. The largest absolute Gasteiger partial charge is 0.337 e. The standard InChI is InChI=1S/C15H17N3OS/c1-11-16-7-6-13(17-11)12-4-2-8-18(10-12)15(19)14-5-3-9-20-14/h3,5-7,9,12H,2,4,8,10H2,1H3/t12-/m0/s1. The minimum atomic E-state index is 0.149. The fourth-order valence-corrected chi connectivity index (χ4v) is 3.35. The van der Waals surface area contributed by atoms with Crippen LogP contribution in [0.4, 0.5) is 0 Å². The Kier molecular flexibility index (Phi) is 3.78. The molecule has 1 atom stereocenters. The van der Waals surface area contributed by atoms with Crippen molar-refractivity contribution in [3.8, 4) is 0 Å². The van der Waals surface area contributed by atoms with Crippen molar-refractivity contribution in [1.29, 1.82) is 0 Å². The number of hydrogen-bond acceptors (Lipinski definition) is 4. The van der Waals surface area contributed by atoms with Gasteiger partial charge in [0.1, 0.15) is 5.82 Å². The van der Waals surface area contributed by atoms with Crippen LogP contribution < -0.4 is 0 Å². The van der Waals surface area contributed by atoms with Gasteiger partial charge in [0.15, 0.2) is 0 Å². The number of aromatic nitrogens is 2. The average molecular weight is 287 g/mol. The molecule has 0 bridgehead atoms. The zero-order valence-electron chi connectivity index (χ0n) is 11.5. The van der Waals surface area contributed by atoms with Crippen molar-refractivity contribution in [2.24, 2.45) is 0 Å². The van der Waals surface area contributed by atoms with Crippen molar-refractivity contribution in [2.75, 3.05) is 13.1 Å². The molecule has 4 nitrogen and oxygen atoms in total. The summed E-state index contributed by atoms with van der Waals surface area (Å²) in [6.45, 7) is 3.51. The fraction of sp³-hybridized carbons (Fsp3) is 0.400. The maximum Gasteiger partial charge on any atom is 0.263 e. The highest BCUT2D eigenvalue weighted by atomic mass is 32.1. The van der Waals surface area contributed by atoms with Crippen LogP contribution in [0.2, 0.25) is 0 Å². The molecule has 3 heterocycles. The normalized spacial score (nSPS) is 19.1. The number of carbonyl (C=O) groups is 1. The van der Waals surface area contributed by atoms with E-state index in [1.165, 1.54) is 11.3 Å². The van der Waals surface area contributed by atoms with E-state index in [2.05, 4.69) is 9.97 Å². The van der Waals surface area contributed by atoms with Gasteiger partial charge >= 0.3 is 0 Å². The van der Waals surface area contributed by atoms with E-state index in [0.717, 1.165) is 42.3 Å². The number of carbonyl (C=O) groups excluding carboxylic acids is 1. The Morgan fingerprint density at radius 2 is 2.35 bits per heavy atom. The van der Waals surface area contributed by atoms with Crippen LogP contribution in [0.15, 0.2) is 29.8 Å². The highest BCUT2D eigenvalue weighted by Crippen LogP contribution is 2.27. The minimum Gasteiger partial charge on any atom is -0.337 e. The summed E-state index contributed by atoms with van der Waals surface area (Å²) in [6, 6.07) is 5.79. The third kappa shape index (κ3) is 2.72. The summed E-state index contributed by atoms with van der Waals surface area (Å²) >= 11 is 1.51. The predicted octanol–water partition coefficient (Wildman–Crippen LogP) is 2.87. The lowest BCUT2D eigenvalue weighted by Gasteiger charge is -2.32. The van der Waals surface area contributed by atoms with Crippen molar-refractivity contribution in [2.45, 2.75) is 25.7 Å². The highest BCUT2D eigenvalue weighted by Gasteiger charge is 2.26. The van der Waals surface area contributed by atoms with Crippen LogP contribution in [-0.2, 0) is 0 Å². The van der Waals surface area contributed by atoms with Gasteiger partial charge in [-0.3, -0.25) is 4.79 Å². The third-order valence-corrected chi connectivity index (χ3v) is 4.51. The Labute approximate surface area is 122 Å². The molecule has 1 fully saturated rings. The lowest BCUT2D eigenvalue weighted by Crippen LogP contribution is -2.39. The Hall–Kier alpha value is -1.75. The van der Waals surface area contributed by atoms with Gasteiger partial charge in [-0.25, -0.2) is 9.97 Å². The van der Waals surface area contributed by atoms with E-state index in [1.54, 1.807) is 6.20 Å². The maximum absolute atomic E-state index is 12.4. The predicted molar refractivity (Wildman–Crippen MR) is 79.0 cm³/mol. The average Bonchev–Trinajstić information content (AvgIpc) is 3.01. The summed E-state index contributed by atoms with van der Waals surface area (Å²) in [7, 11) is 0. The second-order valence-electron chi connectivity index (χ2n) is 5.10. The molecule has 1 aliphatic heterocycles. The highest BCUT2D eigenvalue weighted by molar-refractivity contribution is 7.12. The first-order valence-electron chi connectivity index (χ1n) is 6.86. The number of amides is 1. The van der Waals surface area contributed by atoms with Crippen LogP contribution in [-0.4, -0.2) is 33.9 Å². The quantitative estimate of drug-likeness (QED) is 0.853. The molecule has 2 aromatic heterocycles. The summed E-state index contributed by atoms with van der Waals surface area (Å²) < 4.78 is 0. The van der Waals surface area contributed by atoms with E-state index in [1.807, 2.05) is 35.4 Å². The Bertz CT molecular complexity index is 597. The first-order chi connectivity index (χ1) is 9.74. The van der Waals surface area contributed by atoms with Gasteiger partial charge in [-0.2, -0.15) is 0 Å². The first kappa shape index (κ1) is 13.2. The van der Waals surface area contributed by atoms with Crippen molar-refractivity contribution in [3.63, 3.8) is 0 Å². The van der Waals surface area contributed by atoms with Crippen molar-refractivity contribution in [1.82, 2.24) is 14.9 Å². The Morgan fingerprint density at radius 3 is 3.10 bits per heavy atom. The summed E-state index contributed by atoms with van der Waals surface area (Å²) in [5.41, 5.74) is 1.06. The number of piperidine rings is 1. The number of nitrogens with zero attached hydrogens (tertiary/aromatic N) is 3. The van der Waals surface area contributed by atoms with E-state index in [9.17, 15) is 4.79 Å². The molecule has 1 saturated heterocycles. The molecular weight excluding hydrogens is 270 g/mol. The molecule has 0 radical (unpaired) electrons. The summed E-state index contributed by atoms with van der Waals surface area (Å²) in [5, 5.41) is 1.95. The van der Waals surface area contributed by atoms with E-state index >= 15 is 0 Å². The summed E-state index contributed by atoms with van der Waals surface area (Å²) in [6.07, 6.45) is 3.92. The third-order valence-electron chi connectivity index (χ3n) is 3.66. The number of aryl methyl sites for hydroxylation is 1. The molecule has 1 amide bonds. The molecule has 0 N–H and O–H groups in total. The van der Waals surface area contributed by atoms with Crippen LogP contribution in [0, 0.1) is 6.92 Å². The molecular formula is C15H17N3OS. The van der Waals surface area contributed by atoms with Crippen LogP contribution in [0.25, 0.3) is 0 Å². The molecule has 0 aliphatic carbocycles. The van der Waals surface area contributed by atoms with Crippen LogP contribution in [0.3, 0.4) is 0 Å². The molecule has 2 aromatic rings. The second-order valence-corrected chi connectivity index (χ2v) is 6.04. The van der Waals surface area contributed by atoms with E-state index in [-0.39, 0.29) is 5.91 Å². The molecule has 0 aromatic carbocycles. The van der Waals surface area contributed by atoms with E-state index in [4.69, 9.17) is 0 Å². The lowest BCUT2D eigenvalue weighted by molar-refractivity contribution is 0.0711. The molecule has 3 rings (SSSR count). The molecule has 0 saturated carbocycles. The zero-order valence-corrected chi connectivity index (χ0v) is 12.3. The van der Waals surface area contributed by atoms with Gasteiger partial charge in [-0.15, -0.1) is 11.3 Å². The molecule has 0 spiro atoms. The Morgan fingerprint density at radius 1 is 1.45 bits per heavy atom. The number of likely N-dealkylation sites (tertiary alicyclic amines) is 1. The van der Waals surface area contributed by atoms with Crippen molar-refractivity contribution >= 4 is 17.2 Å². The topological polar surface area (TPSA) is 46.1 Å². The number of rotatable bonds is 2. The lowest BCUT2D eigenvalue weighted by atomic mass is 9.94. The Balaban J connectivity index is 1.75. The second kappa shape index (κ2) is 5.71. The van der Waals surface area contributed by atoms with Gasteiger partial charge in [0, 0.05) is 30.9 Å². The van der Waals surface area contributed by atoms with Gasteiger partial charge in [0.2, 0.25) is 0 Å². The fourth-order valence-electron chi connectivity index (χ4n) is 2.66. The first-order valence-corrected chi connectivity index (χ1v) is 7.74. The molecule has 104 valence electrons. The monoisotopic (exact) mass is 287 g/mol. The van der Waals surface area contributed by atoms with Crippen LogP contribution in [0.5, 0.6) is 0 Å². The summed E-state index contributed by atoms with van der Waals surface area (Å²) in [5.74, 6) is 1.27.